The highest BCUT2D eigenvalue weighted by Crippen LogP contribution is 2.36. The number of benzene rings is 1. The third kappa shape index (κ3) is 3.32. The van der Waals surface area contributed by atoms with Gasteiger partial charge in [0.25, 0.3) is 0 Å². The van der Waals surface area contributed by atoms with Crippen molar-refractivity contribution in [3.8, 4) is 0 Å². The van der Waals surface area contributed by atoms with Gasteiger partial charge in [0.2, 0.25) is 0 Å². The quantitative estimate of drug-likeness (QED) is 0.850. The van der Waals surface area contributed by atoms with Crippen LogP contribution in [0.2, 0.25) is 0 Å². The van der Waals surface area contributed by atoms with E-state index < -0.39 is 0 Å². The maximum atomic E-state index is 3.82. The maximum Gasteiger partial charge on any atom is 0.0450 e. The molecule has 1 aliphatic heterocycles. The number of hydrogen-bond donors (Lipinski definition) is 1. The second-order valence-electron chi connectivity index (χ2n) is 6.95. The van der Waals surface area contributed by atoms with E-state index >= 15 is 0 Å². The predicted molar refractivity (Wildman–Crippen MR) is 89.4 cm³/mol. The van der Waals surface area contributed by atoms with Crippen LogP contribution < -0.4 is 5.32 Å². The molecule has 1 saturated carbocycles. The number of piperazine rings is 1. The summed E-state index contributed by atoms with van der Waals surface area (Å²) in [7, 11) is 0. The molecule has 1 unspecified atom stereocenters. The van der Waals surface area contributed by atoms with E-state index in [4.69, 9.17) is 0 Å². The van der Waals surface area contributed by atoms with Crippen LogP contribution >= 0.6 is 0 Å². The summed E-state index contributed by atoms with van der Waals surface area (Å²) >= 11 is 0. The summed E-state index contributed by atoms with van der Waals surface area (Å²) in [6.45, 7) is 8.30. The first-order chi connectivity index (χ1) is 10.3. The van der Waals surface area contributed by atoms with Crippen LogP contribution in [-0.2, 0) is 0 Å². The molecule has 0 radical (unpaired) electrons. The van der Waals surface area contributed by atoms with Gasteiger partial charge in [-0.1, -0.05) is 57.0 Å². The van der Waals surface area contributed by atoms with Crippen molar-refractivity contribution in [1.29, 1.82) is 0 Å². The van der Waals surface area contributed by atoms with Gasteiger partial charge in [0.05, 0.1) is 0 Å². The van der Waals surface area contributed by atoms with E-state index in [1.807, 2.05) is 0 Å². The van der Waals surface area contributed by atoms with E-state index in [0.717, 1.165) is 12.5 Å². The van der Waals surface area contributed by atoms with E-state index in [1.165, 1.54) is 50.8 Å². The molecule has 2 heteroatoms. The maximum absolute atomic E-state index is 3.82. The molecule has 21 heavy (non-hydrogen) atoms. The Hall–Kier alpha value is -0.860. The molecule has 2 fully saturated rings. The molecule has 116 valence electrons. The lowest BCUT2D eigenvalue weighted by Gasteiger charge is -2.50. The summed E-state index contributed by atoms with van der Waals surface area (Å²) in [4.78, 5) is 2.81. The summed E-state index contributed by atoms with van der Waals surface area (Å²) in [5.74, 6) is 1.03. The molecule has 3 rings (SSSR count). The molecular weight excluding hydrogens is 256 g/mol. The van der Waals surface area contributed by atoms with Crippen molar-refractivity contribution in [3.05, 3.63) is 35.9 Å². The van der Waals surface area contributed by atoms with Crippen molar-refractivity contribution in [2.45, 2.75) is 57.5 Å². The van der Waals surface area contributed by atoms with Gasteiger partial charge in [-0.3, -0.25) is 4.90 Å². The highest BCUT2D eigenvalue weighted by Gasteiger charge is 2.39. The fourth-order valence-electron chi connectivity index (χ4n) is 3.83. The van der Waals surface area contributed by atoms with E-state index in [1.54, 1.807) is 0 Å². The molecule has 0 bridgehead atoms. The molecule has 1 aliphatic carbocycles. The van der Waals surface area contributed by atoms with Gasteiger partial charge in [-0.25, -0.2) is 0 Å². The first-order valence-corrected chi connectivity index (χ1v) is 8.81. The predicted octanol–water partition coefficient (Wildman–Crippen LogP) is 3.99. The summed E-state index contributed by atoms with van der Waals surface area (Å²) in [5.41, 5.74) is 1.81. The molecule has 1 heterocycles. The fourth-order valence-corrected chi connectivity index (χ4v) is 3.83. The average Bonchev–Trinajstić information content (AvgIpc) is 3.38. The number of nitrogens with zero attached hydrogens (tertiary/aromatic N) is 1. The minimum atomic E-state index is 0.375. The minimum Gasteiger partial charge on any atom is -0.307 e. The van der Waals surface area contributed by atoms with Gasteiger partial charge in [0, 0.05) is 24.7 Å². The molecule has 1 saturated heterocycles. The lowest BCUT2D eigenvalue weighted by atomic mass is 9.85. The molecule has 0 aromatic heterocycles. The topological polar surface area (TPSA) is 15.3 Å². The molecule has 0 amide bonds. The average molecular weight is 286 g/mol. The number of rotatable bonds is 6. The van der Waals surface area contributed by atoms with Crippen molar-refractivity contribution < 1.29 is 0 Å². The summed E-state index contributed by atoms with van der Waals surface area (Å²) in [6.07, 6.45) is 6.85. The minimum absolute atomic E-state index is 0.375. The van der Waals surface area contributed by atoms with Gasteiger partial charge in [0.15, 0.2) is 0 Å². The van der Waals surface area contributed by atoms with Crippen LogP contribution in [0.25, 0.3) is 0 Å². The highest BCUT2D eigenvalue weighted by atomic mass is 15.3. The molecule has 2 nitrogen and oxygen atoms in total. The SMILES string of the molecule is CCC1(CC)CNC(c2ccccc2)CN1CCC1CC1. The Labute approximate surface area is 129 Å². The lowest BCUT2D eigenvalue weighted by Crippen LogP contribution is -2.61. The van der Waals surface area contributed by atoms with Crippen LogP contribution in [0.3, 0.4) is 0 Å². The Bertz CT molecular complexity index is 434. The van der Waals surface area contributed by atoms with E-state index in [9.17, 15) is 0 Å². The van der Waals surface area contributed by atoms with E-state index in [-0.39, 0.29) is 0 Å². The third-order valence-corrected chi connectivity index (χ3v) is 5.77. The first-order valence-electron chi connectivity index (χ1n) is 8.81. The van der Waals surface area contributed by atoms with Gasteiger partial charge in [-0.15, -0.1) is 0 Å². The van der Waals surface area contributed by atoms with Gasteiger partial charge in [0.1, 0.15) is 0 Å². The molecule has 1 aromatic carbocycles. The van der Waals surface area contributed by atoms with Crippen LogP contribution in [0.15, 0.2) is 30.3 Å². The monoisotopic (exact) mass is 286 g/mol. The Morgan fingerprint density at radius 3 is 2.48 bits per heavy atom. The number of nitrogens with one attached hydrogen (secondary N) is 1. The standard InChI is InChI=1S/C19H30N2/c1-3-19(4-2)15-20-18(17-8-6-5-7-9-17)14-21(19)13-12-16-10-11-16/h5-9,16,18,20H,3-4,10-15H2,1-2H3. The van der Waals surface area contributed by atoms with E-state index in [0.29, 0.717) is 11.6 Å². The van der Waals surface area contributed by atoms with Crippen molar-refractivity contribution in [1.82, 2.24) is 10.2 Å². The van der Waals surface area contributed by atoms with Crippen LogP contribution in [-0.4, -0.2) is 30.1 Å². The summed E-state index contributed by atoms with van der Waals surface area (Å²) < 4.78 is 0. The highest BCUT2D eigenvalue weighted by molar-refractivity contribution is 5.20. The van der Waals surface area contributed by atoms with Crippen LogP contribution in [0.4, 0.5) is 0 Å². The number of hydrogen-bond acceptors (Lipinski definition) is 2. The normalized spacial score (nSPS) is 25.9. The fraction of sp³-hybridized carbons (Fsp3) is 0.684. The first kappa shape index (κ1) is 15.1. The van der Waals surface area contributed by atoms with Crippen molar-refractivity contribution in [2.24, 2.45) is 5.92 Å². The zero-order valence-corrected chi connectivity index (χ0v) is 13.6. The van der Waals surface area contributed by atoms with Gasteiger partial charge >= 0.3 is 0 Å². The van der Waals surface area contributed by atoms with Crippen molar-refractivity contribution in [3.63, 3.8) is 0 Å². The second kappa shape index (κ2) is 6.50. The summed E-state index contributed by atoms with van der Waals surface area (Å²) in [5, 5.41) is 3.82. The Morgan fingerprint density at radius 2 is 1.86 bits per heavy atom. The van der Waals surface area contributed by atoms with Crippen LogP contribution in [0, 0.1) is 5.92 Å². The van der Waals surface area contributed by atoms with Gasteiger partial charge in [-0.2, -0.15) is 0 Å². The molecule has 2 aliphatic rings. The Morgan fingerprint density at radius 1 is 1.14 bits per heavy atom. The van der Waals surface area contributed by atoms with E-state index in [2.05, 4.69) is 54.4 Å². The molecule has 1 aromatic rings. The molecule has 1 atom stereocenters. The van der Waals surface area contributed by atoms with Crippen LogP contribution in [0.1, 0.15) is 57.6 Å². The zero-order valence-electron chi connectivity index (χ0n) is 13.6. The Balaban J connectivity index is 1.71. The van der Waals surface area contributed by atoms with Crippen LogP contribution in [0.5, 0.6) is 0 Å². The third-order valence-electron chi connectivity index (χ3n) is 5.77. The van der Waals surface area contributed by atoms with Crippen molar-refractivity contribution >= 4 is 0 Å². The second-order valence-corrected chi connectivity index (χ2v) is 6.95. The van der Waals surface area contributed by atoms with Crippen molar-refractivity contribution in [2.75, 3.05) is 19.6 Å². The molecular formula is C19H30N2. The van der Waals surface area contributed by atoms with Gasteiger partial charge < -0.3 is 5.32 Å². The molecule has 1 N–H and O–H groups in total. The largest absolute Gasteiger partial charge is 0.307 e. The zero-order chi connectivity index (χ0) is 14.7. The summed E-state index contributed by atoms with van der Waals surface area (Å²) in [6, 6.07) is 11.5. The molecule has 0 spiro atoms. The lowest BCUT2D eigenvalue weighted by molar-refractivity contribution is 0.0291. The van der Waals surface area contributed by atoms with Gasteiger partial charge in [-0.05, 0) is 37.3 Å². The Kier molecular flexibility index (Phi) is 4.66. The smallest absolute Gasteiger partial charge is 0.0450 e.